The summed E-state index contributed by atoms with van der Waals surface area (Å²) in [5.74, 6) is -0.955. The first-order valence-electron chi connectivity index (χ1n) is 8.24. The van der Waals surface area contributed by atoms with Crippen molar-refractivity contribution in [2.24, 2.45) is 0 Å². The molecule has 0 radical (unpaired) electrons. The summed E-state index contributed by atoms with van der Waals surface area (Å²) in [4.78, 5) is 22.6. The highest BCUT2D eigenvalue weighted by atomic mass is 32.2. The van der Waals surface area contributed by atoms with Gasteiger partial charge < -0.3 is 0 Å². The van der Waals surface area contributed by atoms with Crippen LogP contribution in [0.15, 0.2) is 28.5 Å². The highest BCUT2D eigenvalue weighted by Gasteiger charge is 2.30. The van der Waals surface area contributed by atoms with Crippen molar-refractivity contribution in [3.8, 4) is 0 Å². The molecule has 0 amide bonds. The molecular formula is C17H17FN2O5S2. The maximum Gasteiger partial charge on any atom is 0.305 e. The predicted molar refractivity (Wildman–Crippen MR) is 98.2 cm³/mol. The predicted octanol–water partition coefficient (Wildman–Crippen LogP) is 3.18. The van der Waals surface area contributed by atoms with Crippen molar-refractivity contribution < 1.29 is 22.5 Å². The third-order valence-corrected chi connectivity index (χ3v) is 7.69. The van der Waals surface area contributed by atoms with Gasteiger partial charge in [0.1, 0.15) is 0 Å². The van der Waals surface area contributed by atoms with E-state index in [-0.39, 0.29) is 23.6 Å². The van der Waals surface area contributed by atoms with Crippen LogP contribution in [0.4, 0.5) is 10.1 Å². The Morgan fingerprint density at radius 1 is 1.33 bits per heavy atom. The maximum atomic E-state index is 13.4. The number of thiophene rings is 1. The zero-order valence-electron chi connectivity index (χ0n) is 14.5. The Morgan fingerprint density at radius 3 is 2.78 bits per heavy atom. The molecule has 3 rings (SSSR count). The number of Topliss-reactive ketones (excluding diaryl/α,β-unsaturated/α-hetero) is 1. The normalized spacial score (nSPS) is 14.4. The van der Waals surface area contributed by atoms with E-state index in [1.165, 1.54) is 18.5 Å². The number of sulfonamides is 1. The zero-order valence-corrected chi connectivity index (χ0v) is 16.1. The number of hydrogen-bond donors (Lipinski definition) is 0. The number of fused-ring (bicyclic) bond motifs is 1. The van der Waals surface area contributed by atoms with Crippen molar-refractivity contribution >= 4 is 32.8 Å². The SMILES string of the molecule is CN(CCc1ccc(F)c([N+](=O)[O-])c1)S(=O)(=O)c1csc2c1CCCC2=O. The van der Waals surface area contributed by atoms with Crippen LogP contribution in [0, 0.1) is 15.9 Å². The van der Waals surface area contributed by atoms with Gasteiger partial charge >= 0.3 is 5.69 Å². The number of likely N-dealkylation sites (N-methyl/N-ethyl adjacent to an activating group) is 1. The molecule has 7 nitrogen and oxygen atoms in total. The lowest BCUT2D eigenvalue weighted by Gasteiger charge is -2.19. The molecule has 0 spiro atoms. The average molecular weight is 412 g/mol. The van der Waals surface area contributed by atoms with Crippen LogP contribution in [0.25, 0.3) is 0 Å². The first kappa shape index (κ1) is 19.6. The molecule has 0 atom stereocenters. The van der Waals surface area contributed by atoms with Crippen LogP contribution >= 0.6 is 11.3 Å². The van der Waals surface area contributed by atoms with E-state index in [9.17, 15) is 27.7 Å². The fourth-order valence-corrected chi connectivity index (χ4v) is 5.85. The van der Waals surface area contributed by atoms with Gasteiger partial charge in [0.15, 0.2) is 5.78 Å². The van der Waals surface area contributed by atoms with Gasteiger partial charge in [-0.1, -0.05) is 6.07 Å². The molecule has 2 aromatic rings. The van der Waals surface area contributed by atoms with Gasteiger partial charge in [0, 0.05) is 31.5 Å². The number of benzene rings is 1. The molecule has 1 aliphatic rings. The van der Waals surface area contributed by atoms with Gasteiger partial charge in [-0.05, 0) is 36.5 Å². The van der Waals surface area contributed by atoms with E-state index in [0.717, 1.165) is 27.8 Å². The monoisotopic (exact) mass is 412 g/mol. The van der Waals surface area contributed by atoms with Crippen molar-refractivity contribution in [3.05, 3.63) is 55.5 Å². The van der Waals surface area contributed by atoms with Crippen LogP contribution in [0.3, 0.4) is 0 Å². The number of carbonyl (C=O) groups is 1. The minimum absolute atomic E-state index is 0.0241. The first-order chi connectivity index (χ1) is 12.7. The van der Waals surface area contributed by atoms with Crippen molar-refractivity contribution in [1.82, 2.24) is 4.31 Å². The highest BCUT2D eigenvalue weighted by Crippen LogP contribution is 2.34. The number of halogens is 1. The van der Waals surface area contributed by atoms with E-state index >= 15 is 0 Å². The number of carbonyl (C=O) groups excluding carboxylic acids is 1. The Balaban J connectivity index is 1.78. The molecule has 1 aliphatic carbocycles. The average Bonchev–Trinajstić information content (AvgIpc) is 3.06. The Morgan fingerprint density at radius 2 is 2.07 bits per heavy atom. The van der Waals surface area contributed by atoms with Crippen molar-refractivity contribution in [1.29, 1.82) is 0 Å². The van der Waals surface area contributed by atoms with Crippen LogP contribution < -0.4 is 0 Å². The van der Waals surface area contributed by atoms with Gasteiger partial charge in [0.2, 0.25) is 15.8 Å². The molecule has 0 bridgehead atoms. The summed E-state index contributed by atoms with van der Waals surface area (Å²) in [7, 11) is -2.36. The quantitative estimate of drug-likeness (QED) is 0.536. The van der Waals surface area contributed by atoms with Crippen LogP contribution in [0.2, 0.25) is 0 Å². The number of rotatable bonds is 6. The van der Waals surface area contributed by atoms with E-state index in [4.69, 9.17) is 0 Å². The Labute approximate surface area is 159 Å². The maximum absolute atomic E-state index is 13.4. The lowest BCUT2D eigenvalue weighted by Crippen LogP contribution is -2.29. The molecular weight excluding hydrogens is 395 g/mol. The fourth-order valence-electron chi connectivity index (χ4n) is 3.02. The van der Waals surface area contributed by atoms with Gasteiger partial charge in [-0.15, -0.1) is 11.3 Å². The molecule has 0 unspecified atom stereocenters. The molecule has 1 aromatic carbocycles. The van der Waals surface area contributed by atoms with E-state index in [2.05, 4.69) is 0 Å². The van der Waals surface area contributed by atoms with Crippen LogP contribution in [-0.4, -0.2) is 37.0 Å². The van der Waals surface area contributed by atoms with Gasteiger partial charge in [0.05, 0.1) is 14.7 Å². The van der Waals surface area contributed by atoms with Gasteiger partial charge in [0.25, 0.3) is 0 Å². The zero-order chi connectivity index (χ0) is 19.8. The topological polar surface area (TPSA) is 97.6 Å². The lowest BCUT2D eigenvalue weighted by molar-refractivity contribution is -0.387. The molecule has 27 heavy (non-hydrogen) atoms. The molecule has 10 heteroatoms. The fraction of sp³-hybridized carbons (Fsp3) is 0.353. The summed E-state index contributed by atoms with van der Waals surface area (Å²) in [6, 6.07) is 3.51. The first-order valence-corrected chi connectivity index (χ1v) is 10.6. The molecule has 0 fully saturated rings. The standard InChI is InChI=1S/C17H17FN2O5S2/c1-19(8-7-11-5-6-13(18)14(9-11)20(22)23)27(24,25)16-10-26-17-12(16)3-2-4-15(17)21/h5-6,9-10H,2-4,7-8H2,1H3. The number of nitro benzene ring substituents is 1. The van der Waals surface area contributed by atoms with Crippen molar-refractivity contribution in [3.63, 3.8) is 0 Å². The summed E-state index contributed by atoms with van der Waals surface area (Å²) >= 11 is 1.15. The summed E-state index contributed by atoms with van der Waals surface area (Å²) in [6.07, 6.45) is 1.82. The second-order valence-corrected chi connectivity index (χ2v) is 9.20. The lowest BCUT2D eigenvalue weighted by atomic mass is 9.98. The minimum Gasteiger partial charge on any atom is -0.293 e. The highest BCUT2D eigenvalue weighted by molar-refractivity contribution is 7.89. The smallest absolute Gasteiger partial charge is 0.293 e. The molecule has 1 heterocycles. The molecule has 0 saturated heterocycles. The molecule has 0 saturated carbocycles. The van der Waals surface area contributed by atoms with Crippen LogP contribution in [-0.2, 0) is 22.9 Å². The van der Waals surface area contributed by atoms with Crippen molar-refractivity contribution in [2.45, 2.75) is 30.6 Å². The third-order valence-electron chi connectivity index (χ3n) is 4.55. The van der Waals surface area contributed by atoms with Crippen LogP contribution in [0.1, 0.15) is 33.6 Å². The second kappa shape index (κ2) is 7.45. The Kier molecular flexibility index (Phi) is 5.41. The third kappa shape index (κ3) is 3.78. The summed E-state index contributed by atoms with van der Waals surface area (Å²) < 4.78 is 40.3. The van der Waals surface area contributed by atoms with E-state index in [0.29, 0.717) is 35.3 Å². The Bertz CT molecular complexity index is 1020. The number of ketones is 1. The number of nitrogens with zero attached hydrogens (tertiary/aromatic N) is 2. The Hall–Kier alpha value is -2.17. The second-order valence-electron chi connectivity index (χ2n) is 6.30. The molecule has 144 valence electrons. The molecule has 0 aliphatic heterocycles. The van der Waals surface area contributed by atoms with E-state index in [1.54, 1.807) is 0 Å². The molecule has 1 aromatic heterocycles. The molecule has 0 N–H and O–H groups in total. The van der Waals surface area contributed by atoms with Gasteiger partial charge in [-0.3, -0.25) is 14.9 Å². The largest absolute Gasteiger partial charge is 0.305 e. The minimum atomic E-state index is -3.78. The van der Waals surface area contributed by atoms with E-state index < -0.39 is 26.5 Å². The van der Waals surface area contributed by atoms with Gasteiger partial charge in [-0.25, -0.2) is 12.7 Å². The van der Waals surface area contributed by atoms with E-state index in [1.807, 2.05) is 0 Å². The summed E-state index contributed by atoms with van der Waals surface area (Å²) in [5.41, 5.74) is 0.414. The van der Waals surface area contributed by atoms with Gasteiger partial charge in [-0.2, -0.15) is 4.39 Å². The summed E-state index contributed by atoms with van der Waals surface area (Å²) in [6.45, 7) is 0.0731. The summed E-state index contributed by atoms with van der Waals surface area (Å²) in [5, 5.41) is 12.3. The van der Waals surface area contributed by atoms with Crippen LogP contribution in [0.5, 0.6) is 0 Å². The number of nitro groups is 1. The van der Waals surface area contributed by atoms with Crippen molar-refractivity contribution in [2.75, 3.05) is 13.6 Å². The number of hydrogen-bond acceptors (Lipinski definition) is 6.